The van der Waals surface area contributed by atoms with Gasteiger partial charge in [-0.3, -0.25) is 14.2 Å². The molecule has 0 fully saturated rings. The number of aromatic nitrogens is 4. The van der Waals surface area contributed by atoms with E-state index < -0.39 is 0 Å². The molecule has 0 radical (unpaired) electrons. The summed E-state index contributed by atoms with van der Waals surface area (Å²) in [5.74, 6) is 0.558. The minimum absolute atomic E-state index is 0.156. The number of aryl methyl sites for hydroxylation is 1. The lowest BCUT2D eigenvalue weighted by atomic mass is 10.1. The number of carbonyl (C=O) groups is 1. The number of para-hydroxylation sites is 1. The molecule has 170 valence electrons. The number of nitrogens with zero attached hydrogens (tertiary/aromatic N) is 4. The number of carbonyl (C=O) groups excluding carboxylic acids is 1. The van der Waals surface area contributed by atoms with Crippen molar-refractivity contribution >= 4 is 16.9 Å². The van der Waals surface area contributed by atoms with Crippen molar-refractivity contribution in [2.45, 2.75) is 20.0 Å². The summed E-state index contributed by atoms with van der Waals surface area (Å²) in [5.41, 5.74) is 2.88. The highest BCUT2D eigenvalue weighted by Gasteiger charge is 2.16. The number of nitrogens with one attached hydrogen (secondary N) is 1. The summed E-state index contributed by atoms with van der Waals surface area (Å²) >= 11 is 0. The third kappa shape index (κ3) is 4.57. The number of hydrogen-bond donors (Lipinski definition) is 1. The standard InChI is InChI=1S/C24H25N5O4/c1-16-7-9-17(10-8-16)14-28-15-26-22-19(24(28)31)13-27-29(22)12-11-25-23(30)18-5-4-6-20(32-2)21(18)33-3/h4-10,13,15H,11-12,14H2,1-3H3,(H,25,30). The molecule has 33 heavy (non-hydrogen) atoms. The number of rotatable bonds is 8. The predicted molar refractivity (Wildman–Crippen MR) is 124 cm³/mol. The van der Waals surface area contributed by atoms with Gasteiger partial charge in [-0.05, 0) is 24.6 Å². The molecular weight excluding hydrogens is 422 g/mol. The highest BCUT2D eigenvalue weighted by Crippen LogP contribution is 2.30. The van der Waals surface area contributed by atoms with Crippen LogP contribution in [0.5, 0.6) is 11.5 Å². The predicted octanol–water partition coefficient (Wildman–Crippen LogP) is 2.40. The molecule has 0 bridgehead atoms. The first-order valence-corrected chi connectivity index (χ1v) is 10.5. The number of hydrogen-bond acceptors (Lipinski definition) is 6. The summed E-state index contributed by atoms with van der Waals surface area (Å²) in [6.45, 7) is 3.11. The Morgan fingerprint density at radius 1 is 1.09 bits per heavy atom. The maximum Gasteiger partial charge on any atom is 0.264 e. The van der Waals surface area contributed by atoms with Crippen LogP contribution in [0.3, 0.4) is 0 Å². The molecule has 2 aromatic heterocycles. The Bertz CT molecular complexity index is 1340. The fraction of sp³-hybridized carbons (Fsp3) is 0.250. The Balaban J connectivity index is 1.46. The summed E-state index contributed by atoms with van der Waals surface area (Å²) in [7, 11) is 3.01. The van der Waals surface area contributed by atoms with Crippen molar-refractivity contribution in [3.05, 3.63) is 82.0 Å². The molecule has 9 nitrogen and oxygen atoms in total. The Morgan fingerprint density at radius 2 is 1.88 bits per heavy atom. The van der Waals surface area contributed by atoms with E-state index in [0.717, 1.165) is 11.1 Å². The van der Waals surface area contributed by atoms with Gasteiger partial charge in [-0.25, -0.2) is 9.67 Å². The molecule has 4 aromatic rings. The molecule has 1 N–H and O–H groups in total. The smallest absolute Gasteiger partial charge is 0.264 e. The highest BCUT2D eigenvalue weighted by molar-refractivity contribution is 5.97. The second-order valence-electron chi connectivity index (χ2n) is 7.57. The fourth-order valence-corrected chi connectivity index (χ4v) is 3.60. The number of benzene rings is 2. The Hall–Kier alpha value is -4.14. The summed E-state index contributed by atoms with van der Waals surface area (Å²) in [4.78, 5) is 30.0. The first kappa shape index (κ1) is 22.1. The van der Waals surface area contributed by atoms with E-state index in [-0.39, 0.29) is 11.5 Å². The van der Waals surface area contributed by atoms with Crippen LogP contribution in [0.1, 0.15) is 21.5 Å². The van der Waals surface area contributed by atoms with Gasteiger partial charge < -0.3 is 14.8 Å². The van der Waals surface area contributed by atoms with Gasteiger partial charge in [0.2, 0.25) is 0 Å². The second-order valence-corrected chi connectivity index (χ2v) is 7.57. The van der Waals surface area contributed by atoms with Crippen molar-refractivity contribution < 1.29 is 14.3 Å². The monoisotopic (exact) mass is 447 g/mol. The molecule has 0 aliphatic heterocycles. The first-order chi connectivity index (χ1) is 16.0. The third-order valence-electron chi connectivity index (χ3n) is 5.35. The average molecular weight is 447 g/mol. The maximum atomic E-state index is 12.9. The van der Waals surface area contributed by atoms with Crippen LogP contribution in [-0.4, -0.2) is 46.0 Å². The van der Waals surface area contributed by atoms with Crippen LogP contribution in [0.15, 0.2) is 59.8 Å². The van der Waals surface area contributed by atoms with Crippen LogP contribution in [-0.2, 0) is 13.1 Å². The average Bonchev–Trinajstić information content (AvgIpc) is 3.25. The zero-order valence-electron chi connectivity index (χ0n) is 18.7. The van der Waals surface area contributed by atoms with E-state index in [4.69, 9.17) is 9.47 Å². The van der Waals surface area contributed by atoms with Crippen molar-refractivity contribution in [3.63, 3.8) is 0 Å². The number of ether oxygens (including phenoxy) is 2. The van der Waals surface area contributed by atoms with Gasteiger partial charge in [-0.15, -0.1) is 0 Å². The van der Waals surface area contributed by atoms with E-state index in [0.29, 0.717) is 47.7 Å². The largest absolute Gasteiger partial charge is 0.493 e. The normalized spacial score (nSPS) is 10.9. The molecule has 2 heterocycles. The number of methoxy groups -OCH3 is 2. The van der Waals surface area contributed by atoms with Gasteiger partial charge in [0.05, 0.1) is 39.1 Å². The van der Waals surface area contributed by atoms with Crippen LogP contribution in [0, 0.1) is 6.92 Å². The molecule has 0 aliphatic carbocycles. The lowest BCUT2D eigenvalue weighted by Gasteiger charge is -2.12. The van der Waals surface area contributed by atoms with Crippen LogP contribution >= 0.6 is 0 Å². The van der Waals surface area contributed by atoms with E-state index in [1.165, 1.54) is 26.7 Å². The van der Waals surface area contributed by atoms with Crippen molar-refractivity contribution in [1.82, 2.24) is 24.6 Å². The molecule has 1 amide bonds. The topological polar surface area (TPSA) is 100 Å². The summed E-state index contributed by atoms with van der Waals surface area (Å²) in [6.07, 6.45) is 3.05. The van der Waals surface area contributed by atoms with Crippen molar-refractivity contribution in [3.8, 4) is 11.5 Å². The summed E-state index contributed by atoms with van der Waals surface area (Å²) in [6, 6.07) is 13.1. The van der Waals surface area contributed by atoms with Crippen LogP contribution in [0.25, 0.3) is 11.0 Å². The first-order valence-electron chi connectivity index (χ1n) is 10.5. The third-order valence-corrected chi connectivity index (χ3v) is 5.35. The lowest BCUT2D eigenvalue weighted by Crippen LogP contribution is -2.28. The second kappa shape index (κ2) is 9.56. The van der Waals surface area contributed by atoms with Crippen molar-refractivity contribution in [2.24, 2.45) is 0 Å². The molecule has 0 saturated carbocycles. The van der Waals surface area contributed by atoms with E-state index in [9.17, 15) is 9.59 Å². The number of amides is 1. The summed E-state index contributed by atoms with van der Waals surface area (Å²) in [5, 5.41) is 7.57. The van der Waals surface area contributed by atoms with Crippen LogP contribution < -0.4 is 20.3 Å². The summed E-state index contributed by atoms with van der Waals surface area (Å²) < 4.78 is 13.7. The van der Waals surface area contributed by atoms with E-state index in [1.54, 1.807) is 27.4 Å². The van der Waals surface area contributed by atoms with E-state index >= 15 is 0 Å². The van der Waals surface area contributed by atoms with Crippen molar-refractivity contribution in [1.29, 1.82) is 0 Å². The van der Waals surface area contributed by atoms with E-state index in [2.05, 4.69) is 15.4 Å². The SMILES string of the molecule is COc1cccc(C(=O)NCCn2ncc3c(=O)n(Cc4ccc(C)cc4)cnc32)c1OC. The Labute approximate surface area is 190 Å². The fourth-order valence-electron chi connectivity index (χ4n) is 3.60. The molecule has 0 atom stereocenters. The van der Waals surface area contributed by atoms with Gasteiger partial charge >= 0.3 is 0 Å². The van der Waals surface area contributed by atoms with Gasteiger partial charge in [0.25, 0.3) is 11.5 Å². The highest BCUT2D eigenvalue weighted by atomic mass is 16.5. The van der Waals surface area contributed by atoms with Gasteiger partial charge in [0, 0.05) is 6.54 Å². The lowest BCUT2D eigenvalue weighted by molar-refractivity contribution is 0.0948. The quantitative estimate of drug-likeness (QED) is 0.445. The Kier molecular flexibility index (Phi) is 6.39. The van der Waals surface area contributed by atoms with Crippen molar-refractivity contribution in [2.75, 3.05) is 20.8 Å². The zero-order chi connectivity index (χ0) is 23.4. The van der Waals surface area contributed by atoms with Gasteiger partial charge in [0.15, 0.2) is 17.1 Å². The van der Waals surface area contributed by atoms with Gasteiger partial charge in [-0.2, -0.15) is 5.10 Å². The Morgan fingerprint density at radius 3 is 2.61 bits per heavy atom. The molecule has 0 saturated heterocycles. The van der Waals surface area contributed by atoms with Crippen LogP contribution in [0.2, 0.25) is 0 Å². The molecular formula is C24H25N5O4. The molecule has 0 unspecified atom stereocenters. The van der Waals surface area contributed by atoms with Gasteiger partial charge in [0.1, 0.15) is 11.7 Å². The van der Waals surface area contributed by atoms with Crippen LogP contribution in [0.4, 0.5) is 0 Å². The molecule has 0 aliphatic rings. The molecule has 9 heteroatoms. The zero-order valence-corrected chi connectivity index (χ0v) is 18.7. The molecule has 2 aromatic carbocycles. The van der Waals surface area contributed by atoms with E-state index in [1.807, 2.05) is 31.2 Å². The van der Waals surface area contributed by atoms with Gasteiger partial charge in [-0.1, -0.05) is 35.9 Å². The maximum absolute atomic E-state index is 12.9. The molecule has 0 spiro atoms. The number of fused-ring (bicyclic) bond motifs is 1. The molecule has 4 rings (SSSR count). The minimum Gasteiger partial charge on any atom is -0.493 e. The minimum atomic E-state index is -0.296.